The molecule has 6 N–H and O–H groups in total. The van der Waals surface area contributed by atoms with E-state index in [0.29, 0.717) is 85.0 Å². The molecular formula is C54H67N18O9+. The smallest absolute Gasteiger partial charge is 0.306 e. The molecule has 81 heavy (non-hydrogen) atoms. The Balaban J connectivity index is 0.000000175. The van der Waals surface area contributed by atoms with Crippen LogP contribution in [0.1, 0.15) is 125 Å². The van der Waals surface area contributed by atoms with Gasteiger partial charge in [-0.2, -0.15) is 4.68 Å². The van der Waals surface area contributed by atoms with Gasteiger partial charge in [-0.15, -0.1) is 10.2 Å². The Morgan fingerprint density at radius 1 is 0.580 bits per heavy atom. The molecule has 0 unspecified atom stereocenters. The predicted molar refractivity (Wildman–Crippen MR) is 297 cm³/mol. The van der Waals surface area contributed by atoms with Gasteiger partial charge in [-0.05, 0) is 36.4 Å². The van der Waals surface area contributed by atoms with Crippen molar-refractivity contribution in [3.05, 3.63) is 114 Å². The molecule has 9 aromatic rings. The monoisotopic (exact) mass is 1110 g/mol. The van der Waals surface area contributed by atoms with Gasteiger partial charge in [0.1, 0.15) is 29.4 Å². The topological polar surface area (TPSA) is 335 Å². The zero-order chi connectivity index (χ0) is 58.8. The molecule has 27 nitrogen and oxygen atoms in total. The van der Waals surface area contributed by atoms with Gasteiger partial charge in [0.25, 0.3) is 11.8 Å². The van der Waals surface area contributed by atoms with E-state index < -0.39 is 22.2 Å². The van der Waals surface area contributed by atoms with Gasteiger partial charge in [0.15, 0.2) is 34.9 Å². The Bertz CT molecular complexity index is 3330. The summed E-state index contributed by atoms with van der Waals surface area (Å²) in [6.45, 7) is 19.8. The van der Waals surface area contributed by atoms with Crippen LogP contribution >= 0.6 is 0 Å². The Kier molecular flexibility index (Phi) is 18.6. The molecule has 0 radical (unpaired) electrons. The van der Waals surface area contributed by atoms with E-state index in [1.54, 1.807) is 104 Å². The van der Waals surface area contributed by atoms with Crippen LogP contribution in [0.3, 0.4) is 0 Å². The quantitative estimate of drug-likeness (QED) is 0.0421. The molecule has 0 aromatic carbocycles. The van der Waals surface area contributed by atoms with E-state index in [4.69, 9.17) is 14.2 Å². The fourth-order valence-corrected chi connectivity index (χ4v) is 7.50. The van der Waals surface area contributed by atoms with Crippen molar-refractivity contribution < 1.29 is 47.7 Å². The number of anilines is 3. The predicted octanol–water partition coefficient (Wildman–Crippen LogP) is 6.04. The second-order valence-electron chi connectivity index (χ2n) is 21.7. The fraction of sp³-hybridized carbons (Fsp3) is 0.389. The van der Waals surface area contributed by atoms with E-state index in [-0.39, 0.29) is 46.2 Å². The zero-order valence-corrected chi connectivity index (χ0v) is 47.3. The number of carbonyl (C=O) groups excluding carboxylic acids is 6. The molecule has 0 aliphatic heterocycles. The maximum absolute atomic E-state index is 12.4. The van der Waals surface area contributed by atoms with Crippen LogP contribution in [0.5, 0.6) is 0 Å². The third kappa shape index (κ3) is 15.5. The molecular weight excluding hydrogens is 1040 g/mol. The van der Waals surface area contributed by atoms with Gasteiger partial charge in [-0.1, -0.05) is 78.0 Å². The number of hydrogen-bond acceptors (Lipinski definition) is 17. The summed E-state index contributed by atoms with van der Waals surface area (Å²) in [6.07, 6.45) is 11.2. The summed E-state index contributed by atoms with van der Waals surface area (Å²) in [5.41, 5.74) is 3.61. The molecule has 0 saturated carbocycles. The van der Waals surface area contributed by atoms with Crippen molar-refractivity contribution in [2.45, 2.75) is 81.9 Å². The maximum Gasteiger partial charge on any atom is 0.306 e. The van der Waals surface area contributed by atoms with Crippen molar-refractivity contribution in [3.63, 3.8) is 0 Å². The molecule has 0 saturated heterocycles. The normalized spacial score (nSPS) is 11.7. The number of hydrogen-bond donors (Lipinski definition) is 6. The molecule has 9 aromatic heterocycles. The van der Waals surface area contributed by atoms with Gasteiger partial charge in [0, 0.05) is 60.7 Å². The lowest BCUT2D eigenvalue weighted by Gasteiger charge is -2.14. The number of amides is 3. The summed E-state index contributed by atoms with van der Waals surface area (Å²) in [5, 5.41) is 31.9. The van der Waals surface area contributed by atoms with E-state index in [0.717, 1.165) is 16.3 Å². The number of Topliss-reactive ketones (excluding diaryl/α,β-unsaturated/α-hetero) is 3. The first-order valence-corrected chi connectivity index (χ1v) is 25.6. The van der Waals surface area contributed by atoms with Crippen LogP contribution < -0.4 is 20.6 Å². The minimum absolute atomic E-state index is 0.00115. The molecule has 0 atom stereocenters. The van der Waals surface area contributed by atoms with Crippen molar-refractivity contribution >= 4 is 79.8 Å². The molecule has 0 spiro atoms. The lowest BCUT2D eigenvalue weighted by molar-refractivity contribution is -0.754. The number of H-pyrrole nitrogens is 3. The average molecular weight is 1110 g/mol. The van der Waals surface area contributed by atoms with Crippen LogP contribution in [0, 0.1) is 16.2 Å². The standard InChI is InChI=1S/3C18H22N6O3/c1-18(2,3)16(25)12-7-11-8-15(19-9-13(11)20-12)21-17(26)14-10-24(23-22-14)5-6-27-4;1-18(2,3)15(25)13-8-11-7-12(9-19-16(11)21-13)20-17(26)14-10-24(23-22-14)5-6-27-4;1-18(2,3)16(25)13-10-23-9-12(5-6-15(23)20-13)19-17(26)14-11-24(22-21-14)7-8-27-4/h7-10,20H,5-6H2,1-4H3,(H,19,21,26);7-10H,5-6H2,1-4H3,(H,19,21)(H,20,26);5-6,9-11H,7-8H2,1-4H3,(H,19,26)/p+1. The molecule has 9 heterocycles. The highest BCUT2D eigenvalue weighted by molar-refractivity contribution is 6.06. The van der Waals surface area contributed by atoms with Crippen molar-refractivity contribution in [1.82, 2.24) is 69.6 Å². The number of methoxy groups -OCH3 is 3. The molecule has 3 amide bonds. The highest BCUT2D eigenvalue weighted by atomic mass is 16.5. The Morgan fingerprint density at radius 3 is 1.75 bits per heavy atom. The van der Waals surface area contributed by atoms with Gasteiger partial charge in [-0.25, -0.2) is 24.3 Å². The zero-order valence-electron chi connectivity index (χ0n) is 47.3. The SMILES string of the molecule is COCC[n+]1cc(C(=O)Nc2ccc3nc(C(=O)C(C)(C)C)cn3c2)n[nH]1.COCCn1cc(C(=O)Nc2cc3cc(C(=O)C(C)(C)C)[nH]c3cn2)nn1.COCCn1cc(C(=O)Nc2cnc3[nH]c(C(=O)C(C)(C)C)cc3c2)nn1. The number of pyridine rings is 3. The van der Waals surface area contributed by atoms with E-state index >= 15 is 0 Å². The van der Waals surface area contributed by atoms with E-state index in [9.17, 15) is 28.8 Å². The van der Waals surface area contributed by atoms with Crippen LogP contribution in [0.2, 0.25) is 0 Å². The highest BCUT2D eigenvalue weighted by Crippen LogP contribution is 2.27. The minimum Gasteiger partial charge on any atom is -0.383 e. The Morgan fingerprint density at radius 2 is 1.15 bits per heavy atom. The molecule has 0 bridgehead atoms. The molecule has 0 aliphatic carbocycles. The number of nitrogens with zero attached hydrogens (tertiary/aromatic N) is 12. The van der Waals surface area contributed by atoms with Gasteiger partial charge < -0.3 is 44.5 Å². The summed E-state index contributed by atoms with van der Waals surface area (Å²) in [4.78, 5) is 93.2. The lowest BCUT2D eigenvalue weighted by atomic mass is 9.89. The largest absolute Gasteiger partial charge is 0.383 e. The minimum atomic E-state index is -0.507. The van der Waals surface area contributed by atoms with Crippen LogP contribution in [-0.4, -0.2) is 146 Å². The Hall–Kier alpha value is -9.21. The van der Waals surface area contributed by atoms with Crippen LogP contribution in [0.4, 0.5) is 17.2 Å². The number of aromatic nitrogens is 15. The summed E-state index contributed by atoms with van der Waals surface area (Å²) in [6, 6.07) is 10.5. The number of aromatic amines is 3. The molecule has 0 fully saturated rings. The first-order valence-electron chi connectivity index (χ1n) is 25.6. The molecule has 426 valence electrons. The molecule has 27 heteroatoms. The Labute approximate surface area is 464 Å². The number of ether oxygens (including phenoxy) is 3. The molecule has 0 aliphatic rings. The maximum atomic E-state index is 12.4. The lowest BCUT2D eigenvalue weighted by Crippen LogP contribution is -2.37. The van der Waals surface area contributed by atoms with Crippen LogP contribution in [-0.2, 0) is 33.8 Å². The second kappa shape index (κ2) is 25.3. The second-order valence-corrected chi connectivity index (χ2v) is 21.7. The van der Waals surface area contributed by atoms with Crippen molar-refractivity contribution in [2.24, 2.45) is 16.2 Å². The van der Waals surface area contributed by atoms with Gasteiger partial charge in [0.2, 0.25) is 0 Å². The summed E-state index contributed by atoms with van der Waals surface area (Å²) in [7, 11) is 4.79. The molecule has 9 rings (SSSR count). The summed E-state index contributed by atoms with van der Waals surface area (Å²) >= 11 is 0. The number of ketones is 3. The fourth-order valence-electron chi connectivity index (χ4n) is 7.50. The number of rotatable bonds is 18. The highest BCUT2D eigenvalue weighted by Gasteiger charge is 2.28. The van der Waals surface area contributed by atoms with Gasteiger partial charge in [-0.3, -0.25) is 28.8 Å². The first-order chi connectivity index (χ1) is 38.3. The third-order valence-electron chi connectivity index (χ3n) is 11.9. The number of fused-ring (bicyclic) bond motifs is 3. The summed E-state index contributed by atoms with van der Waals surface area (Å²) in [5.74, 6) is -0.793. The number of imidazole rings is 1. The number of nitrogens with one attached hydrogen (secondary N) is 6. The van der Waals surface area contributed by atoms with Gasteiger partial charge in [0.05, 0.1) is 91.1 Å². The number of carbonyl (C=O) groups is 6. The summed E-state index contributed by atoms with van der Waals surface area (Å²) < 4.78 is 21.4. The van der Waals surface area contributed by atoms with Crippen molar-refractivity contribution in [1.29, 1.82) is 0 Å². The third-order valence-corrected chi connectivity index (χ3v) is 11.9. The van der Waals surface area contributed by atoms with Crippen molar-refractivity contribution in [2.75, 3.05) is 57.1 Å². The van der Waals surface area contributed by atoms with Crippen LogP contribution in [0.15, 0.2) is 79.8 Å². The first kappa shape index (κ1) is 59.5. The van der Waals surface area contributed by atoms with Crippen LogP contribution in [0.25, 0.3) is 27.6 Å². The van der Waals surface area contributed by atoms with E-state index in [1.807, 2.05) is 62.3 Å². The van der Waals surface area contributed by atoms with Crippen molar-refractivity contribution in [3.8, 4) is 0 Å². The average Bonchev–Trinajstić information content (AvgIpc) is 4.50. The van der Waals surface area contributed by atoms with Gasteiger partial charge >= 0.3 is 11.6 Å². The van der Waals surface area contributed by atoms with E-state index in [2.05, 4.69) is 71.8 Å². The van der Waals surface area contributed by atoms with E-state index in [1.165, 1.54) is 15.6 Å².